The lowest BCUT2D eigenvalue weighted by molar-refractivity contribution is -0.121. The molecular weight excluding hydrogens is 238 g/mol. The first kappa shape index (κ1) is 16.7. The molecule has 0 bridgehead atoms. The van der Waals surface area contributed by atoms with Crippen LogP contribution in [0.25, 0.3) is 0 Å². The summed E-state index contributed by atoms with van der Waals surface area (Å²) in [5, 5.41) is 2.84. The van der Waals surface area contributed by atoms with E-state index in [1.165, 1.54) is 25.7 Å². The molecule has 0 heterocycles. The maximum Gasteiger partial charge on any atom is 0.220 e. The van der Waals surface area contributed by atoms with E-state index in [-0.39, 0.29) is 5.91 Å². The van der Waals surface area contributed by atoms with E-state index >= 15 is 0 Å². The highest BCUT2D eigenvalue weighted by atomic mass is 35.5. The number of amides is 1. The van der Waals surface area contributed by atoms with Crippen LogP contribution in [0, 0.1) is 0 Å². The van der Waals surface area contributed by atoms with Crippen LogP contribution in [0.4, 0.5) is 0 Å². The summed E-state index contributed by atoms with van der Waals surface area (Å²) in [4.78, 5) is 11.4. The predicted octanol–water partition coefficient (Wildman–Crippen LogP) is 3.11. The lowest BCUT2D eigenvalue weighted by Gasteiger charge is -2.05. The molecule has 0 fully saturated rings. The molecule has 4 heteroatoms. The van der Waals surface area contributed by atoms with Gasteiger partial charge in [-0.15, -0.1) is 11.6 Å². The average molecular weight is 264 g/mol. The van der Waals surface area contributed by atoms with Crippen LogP contribution < -0.4 is 5.32 Å². The second-order valence-corrected chi connectivity index (χ2v) is 4.55. The van der Waals surface area contributed by atoms with Crippen molar-refractivity contribution in [2.45, 2.75) is 51.9 Å². The van der Waals surface area contributed by atoms with Crippen LogP contribution in [0.5, 0.6) is 0 Å². The maximum absolute atomic E-state index is 11.4. The highest BCUT2D eigenvalue weighted by Crippen LogP contribution is 2.06. The van der Waals surface area contributed by atoms with Crippen LogP contribution in [-0.4, -0.2) is 31.5 Å². The Bertz CT molecular complexity index is 177. The van der Waals surface area contributed by atoms with Crippen molar-refractivity contribution in [2.75, 3.05) is 25.6 Å². The van der Waals surface area contributed by atoms with E-state index in [1.807, 2.05) is 0 Å². The molecule has 1 N–H and O–H groups in total. The third-order valence-corrected chi connectivity index (χ3v) is 2.70. The Morgan fingerprint density at radius 2 is 1.82 bits per heavy atom. The number of halogens is 1. The minimum Gasteiger partial charge on any atom is -0.378 e. The number of rotatable bonds is 12. The second-order valence-electron chi connectivity index (χ2n) is 4.17. The lowest BCUT2D eigenvalue weighted by Crippen LogP contribution is -2.27. The van der Waals surface area contributed by atoms with Gasteiger partial charge < -0.3 is 10.1 Å². The normalized spacial score (nSPS) is 10.5. The fraction of sp³-hybridized carbons (Fsp3) is 0.923. The van der Waals surface area contributed by atoms with Gasteiger partial charge in [-0.1, -0.05) is 39.0 Å². The number of ether oxygens (including phenoxy) is 1. The first-order chi connectivity index (χ1) is 8.31. The van der Waals surface area contributed by atoms with Crippen molar-refractivity contribution in [3.63, 3.8) is 0 Å². The minimum atomic E-state index is 0.134. The van der Waals surface area contributed by atoms with Crippen molar-refractivity contribution in [1.29, 1.82) is 0 Å². The summed E-state index contributed by atoms with van der Waals surface area (Å²) < 4.78 is 5.16. The molecular formula is C13H26ClNO2. The first-order valence-electron chi connectivity index (χ1n) is 6.71. The van der Waals surface area contributed by atoms with Gasteiger partial charge in [0.15, 0.2) is 0 Å². The van der Waals surface area contributed by atoms with Crippen LogP contribution in [-0.2, 0) is 9.53 Å². The van der Waals surface area contributed by atoms with E-state index in [2.05, 4.69) is 12.2 Å². The second kappa shape index (κ2) is 13.8. The molecule has 3 nitrogen and oxygen atoms in total. The van der Waals surface area contributed by atoms with Crippen molar-refractivity contribution < 1.29 is 9.53 Å². The average Bonchev–Trinajstić information content (AvgIpc) is 2.33. The number of alkyl halides is 1. The van der Waals surface area contributed by atoms with Crippen molar-refractivity contribution in [3.8, 4) is 0 Å². The Balaban J connectivity index is 3.12. The largest absolute Gasteiger partial charge is 0.378 e. The van der Waals surface area contributed by atoms with Crippen molar-refractivity contribution >= 4 is 17.5 Å². The van der Waals surface area contributed by atoms with Gasteiger partial charge in [0.25, 0.3) is 0 Å². The van der Waals surface area contributed by atoms with E-state index in [1.54, 1.807) is 0 Å². The zero-order chi connectivity index (χ0) is 12.8. The highest BCUT2D eigenvalue weighted by molar-refractivity contribution is 6.17. The highest BCUT2D eigenvalue weighted by Gasteiger charge is 1.99. The first-order valence-corrected chi connectivity index (χ1v) is 7.25. The third-order valence-electron chi connectivity index (χ3n) is 2.55. The van der Waals surface area contributed by atoms with Gasteiger partial charge in [0, 0.05) is 18.8 Å². The zero-order valence-corrected chi connectivity index (χ0v) is 11.7. The molecule has 0 unspecified atom stereocenters. The summed E-state index contributed by atoms with van der Waals surface area (Å²) in [5.74, 6) is 0.640. The lowest BCUT2D eigenvalue weighted by atomic mass is 10.1. The molecule has 17 heavy (non-hydrogen) atoms. The van der Waals surface area contributed by atoms with Crippen molar-refractivity contribution in [1.82, 2.24) is 5.32 Å². The molecule has 0 aliphatic rings. The summed E-state index contributed by atoms with van der Waals surface area (Å²) in [6.45, 7) is 3.90. The van der Waals surface area contributed by atoms with Gasteiger partial charge >= 0.3 is 0 Å². The van der Waals surface area contributed by atoms with Crippen molar-refractivity contribution in [3.05, 3.63) is 0 Å². The molecule has 0 saturated heterocycles. The molecule has 0 radical (unpaired) electrons. The number of nitrogens with one attached hydrogen (secondary N) is 1. The SMILES string of the molecule is CCCCCCCCC(=O)NCCOCCCl. The Labute approximate surface area is 110 Å². The van der Waals surface area contributed by atoms with Gasteiger partial charge in [-0.05, 0) is 6.42 Å². The van der Waals surface area contributed by atoms with Gasteiger partial charge in [0.05, 0.1) is 13.2 Å². The Morgan fingerprint density at radius 1 is 1.12 bits per heavy atom. The summed E-state index contributed by atoms with van der Waals surface area (Å²) in [6.07, 6.45) is 7.92. The van der Waals surface area contributed by atoms with Gasteiger partial charge in [0.2, 0.25) is 5.91 Å². The van der Waals surface area contributed by atoms with Gasteiger partial charge in [-0.25, -0.2) is 0 Å². The zero-order valence-electron chi connectivity index (χ0n) is 11.0. The fourth-order valence-corrected chi connectivity index (χ4v) is 1.68. The topological polar surface area (TPSA) is 38.3 Å². The van der Waals surface area contributed by atoms with Gasteiger partial charge in [0.1, 0.15) is 0 Å². The molecule has 0 spiro atoms. The summed E-state index contributed by atoms with van der Waals surface area (Å²) >= 11 is 5.45. The van der Waals surface area contributed by atoms with E-state index < -0.39 is 0 Å². The van der Waals surface area contributed by atoms with Gasteiger partial charge in [-0.3, -0.25) is 4.79 Å². The number of hydrogen-bond donors (Lipinski definition) is 1. The van der Waals surface area contributed by atoms with Crippen LogP contribution in [0.3, 0.4) is 0 Å². The molecule has 0 atom stereocenters. The van der Waals surface area contributed by atoms with Crippen LogP contribution in [0.15, 0.2) is 0 Å². The molecule has 102 valence electrons. The maximum atomic E-state index is 11.4. The molecule has 0 aliphatic carbocycles. The standard InChI is InChI=1S/C13H26ClNO2/c1-2-3-4-5-6-7-8-13(16)15-10-12-17-11-9-14/h2-12H2,1H3,(H,15,16). The molecule has 0 saturated carbocycles. The third kappa shape index (κ3) is 13.7. The minimum absolute atomic E-state index is 0.134. The Hall–Kier alpha value is -0.280. The smallest absolute Gasteiger partial charge is 0.220 e. The van der Waals surface area contributed by atoms with Gasteiger partial charge in [-0.2, -0.15) is 0 Å². The van der Waals surface area contributed by atoms with E-state index in [9.17, 15) is 4.79 Å². The Morgan fingerprint density at radius 3 is 2.53 bits per heavy atom. The number of carbonyl (C=O) groups excluding carboxylic acids is 1. The van der Waals surface area contributed by atoms with Crippen LogP contribution in [0.2, 0.25) is 0 Å². The van der Waals surface area contributed by atoms with E-state index in [4.69, 9.17) is 16.3 Å². The monoisotopic (exact) mass is 263 g/mol. The van der Waals surface area contributed by atoms with E-state index in [0.717, 1.165) is 12.8 Å². The number of carbonyl (C=O) groups is 1. The molecule has 0 rings (SSSR count). The molecule has 0 aromatic carbocycles. The summed E-state index contributed by atoms with van der Waals surface area (Å²) in [5.41, 5.74) is 0. The van der Waals surface area contributed by atoms with Crippen molar-refractivity contribution in [2.24, 2.45) is 0 Å². The fourth-order valence-electron chi connectivity index (χ4n) is 1.57. The molecule has 0 aromatic rings. The predicted molar refractivity (Wildman–Crippen MR) is 72.5 cm³/mol. The summed E-state index contributed by atoms with van der Waals surface area (Å²) in [7, 11) is 0. The molecule has 1 amide bonds. The van der Waals surface area contributed by atoms with E-state index in [0.29, 0.717) is 32.1 Å². The Kier molecular flexibility index (Phi) is 13.6. The summed E-state index contributed by atoms with van der Waals surface area (Å²) in [6, 6.07) is 0. The number of hydrogen-bond acceptors (Lipinski definition) is 2. The quantitative estimate of drug-likeness (QED) is 0.434. The van der Waals surface area contributed by atoms with Crippen LogP contribution >= 0.6 is 11.6 Å². The molecule has 0 aromatic heterocycles. The van der Waals surface area contributed by atoms with Crippen LogP contribution in [0.1, 0.15) is 51.9 Å². The molecule has 0 aliphatic heterocycles. The number of unbranched alkanes of at least 4 members (excludes halogenated alkanes) is 5.